The average Bonchev–Trinajstić information content (AvgIpc) is 2.69. The van der Waals surface area contributed by atoms with Gasteiger partial charge in [-0.1, -0.05) is 0 Å². The Kier molecular flexibility index (Phi) is 1.99. The highest BCUT2D eigenvalue weighted by Gasteiger charge is 2.01. The number of benzene rings is 1. The zero-order valence-corrected chi connectivity index (χ0v) is 7.18. The predicted octanol–water partition coefficient (Wildman–Crippen LogP) is 1.88. The molecule has 1 aromatic heterocycles. The highest BCUT2D eigenvalue weighted by molar-refractivity contribution is 5.41. The molecule has 68 valence electrons. The van der Waals surface area contributed by atoms with Gasteiger partial charge >= 0.3 is 0 Å². The van der Waals surface area contributed by atoms with Gasteiger partial charge in [0.2, 0.25) is 0 Å². The van der Waals surface area contributed by atoms with Gasteiger partial charge in [-0.15, -0.1) is 0 Å². The average molecular weight is 187 g/mol. The minimum atomic E-state index is -0.436. The van der Waals surface area contributed by atoms with Crippen LogP contribution in [0.15, 0.2) is 36.7 Å². The molecule has 1 heterocycles. The van der Waals surface area contributed by atoms with Crippen LogP contribution in [0.1, 0.15) is 5.56 Å². The largest absolute Gasteiger partial charge is 0.241 e. The maximum absolute atomic E-state index is 13.0. The van der Waals surface area contributed by atoms with Crippen LogP contribution in [-0.4, -0.2) is 9.78 Å². The lowest BCUT2D eigenvalue weighted by Crippen LogP contribution is -1.95. The molecule has 0 unspecified atom stereocenters. The molecule has 2 aromatic rings. The normalized spacial score (nSPS) is 9.71. The van der Waals surface area contributed by atoms with Crippen LogP contribution in [0.25, 0.3) is 5.69 Å². The van der Waals surface area contributed by atoms with Crippen molar-refractivity contribution in [1.29, 1.82) is 5.26 Å². The van der Waals surface area contributed by atoms with Crippen LogP contribution >= 0.6 is 0 Å². The fourth-order valence-electron chi connectivity index (χ4n) is 1.19. The fraction of sp³-hybridized carbons (Fsp3) is 0. The van der Waals surface area contributed by atoms with E-state index in [2.05, 4.69) is 5.10 Å². The third-order valence-corrected chi connectivity index (χ3v) is 1.78. The molecule has 0 N–H and O–H groups in total. The molecule has 14 heavy (non-hydrogen) atoms. The van der Waals surface area contributed by atoms with Crippen LogP contribution in [0, 0.1) is 17.1 Å². The first-order valence-electron chi connectivity index (χ1n) is 4.00. The molecule has 2 rings (SSSR count). The van der Waals surface area contributed by atoms with Gasteiger partial charge in [0.15, 0.2) is 0 Å². The van der Waals surface area contributed by atoms with Crippen molar-refractivity contribution in [2.45, 2.75) is 0 Å². The number of hydrogen-bond acceptors (Lipinski definition) is 2. The van der Waals surface area contributed by atoms with Gasteiger partial charge in [-0.25, -0.2) is 9.07 Å². The summed E-state index contributed by atoms with van der Waals surface area (Å²) in [6.07, 6.45) is 3.28. The first-order chi connectivity index (χ1) is 6.79. The first kappa shape index (κ1) is 8.45. The molecule has 1 aromatic carbocycles. The number of nitrogens with zero attached hydrogens (tertiary/aromatic N) is 3. The summed E-state index contributed by atoms with van der Waals surface area (Å²) in [7, 11) is 0. The van der Waals surface area contributed by atoms with Crippen LogP contribution in [0.2, 0.25) is 0 Å². The molecule has 0 aliphatic rings. The van der Waals surface area contributed by atoms with Gasteiger partial charge < -0.3 is 0 Å². The molecule has 0 atom stereocenters. The summed E-state index contributed by atoms with van der Waals surface area (Å²) in [6, 6.07) is 7.72. The zero-order valence-electron chi connectivity index (χ0n) is 7.18. The second kappa shape index (κ2) is 3.30. The summed E-state index contributed by atoms with van der Waals surface area (Å²) < 4.78 is 14.5. The van der Waals surface area contributed by atoms with Crippen molar-refractivity contribution in [1.82, 2.24) is 9.78 Å². The molecule has 0 bridgehead atoms. The Morgan fingerprint density at radius 3 is 2.86 bits per heavy atom. The molecule has 0 aliphatic heterocycles. The molecule has 0 saturated heterocycles. The van der Waals surface area contributed by atoms with Crippen LogP contribution in [0.4, 0.5) is 4.39 Å². The molecule has 0 saturated carbocycles. The van der Waals surface area contributed by atoms with E-state index in [-0.39, 0.29) is 5.56 Å². The van der Waals surface area contributed by atoms with Crippen LogP contribution < -0.4 is 0 Å². The highest BCUT2D eigenvalue weighted by Crippen LogP contribution is 2.11. The molecule has 0 spiro atoms. The molecule has 0 radical (unpaired) electrons. The van der Waals surface area contributed by atoms with Crippen LogP contribution in [0.5, 0.6) is 0 Å². The van der Waals surface area contributed by atoms with Gasteiger partial charge in [0.1, 0.15) is 5.82 Å². The van der Waals surface area contributed by atoms with E-state index in [1.807, 2.05) is 6.07 Å². The standard InChI is InChI=1S/C10H6FN3/c11-9-4-8(7-12)5-10(6-9)14-3-1-2-13-14/h1-6H. The summed E-state index contributed by atoms with van der Waals surface area (Å²) in [5.74, 6) is -0.436. The van der Waals surface area contributed by atoms with E-state index in [0.717, 1.165) is 0 Å². The fourth-order valence-corrected chi connectivity index (χ4v) is 1.19. The van der Waals surface area contributed by atoms with E-state index < -0.39 is 5.82 Å². The van der Waals surface area contributed by atoms with Gasteiger partial charge in [-0.2, -0.15) is 10.4 Å². The summed E-state index contributed by atoms with van der Waals surface area (Å²) >= 11 is 0. The SMILES string of the molecule is N#Cc1cc(F)cc(-n2cccn2)c1. The number of rotatable bonds is 1. The third-order valence-electron chi connectivity index (χ3n) is 1.78. The number of aromatic nitrogens is 2. The van der Waals surface area contributed by atoms with Crippen molar-refractivity contribution in [3.63, 3.8) is 0 Å². The first-order valence-corrected chi connectivity index (χ1v) is 4.00. The van der Waals surface area contributed by atoms with E-state index >= 15 is 0 Å². The van der Waals surface area contributed by atoms with E-state index in [1.165, 1.54) is 16.8 Å². The lowest BCUT2D eigenvalue weighted by molar-refractivity contribution is 0.625. The molecule has 3 nitrogen and oxygen atoms in total. The minimum Gasteiger partial charge on any atom is -0.241 e. The van der Waals surface area contributed by atoms with E-state index in [9.17, 15) is 4.39 Å². The summed E-state index contributed by atoms with van der Waals surface area (Å²) in [5.41, 5.74) is 0.835. The maximum Gasteiger partial charge on any atom is 0.126 e. The third kappa shape index (κ3) is 1.48. The topological polar surface area (TPSA) is 41.6 Å². The second-order valence-corrected chi connectivity index (χ2v) is 2.76. The lowest BCUT2D eigenvalue weighted by atomic mass is 10.2. The van der Waals surface area contributed by atoms with Crippen LogP contribution in [0.3, 0.4) is 0 Å². The van der Waals surface area contributed by atoms with Crippen molar-refractivity contribution in [3.05, 3.63) is 48.0 Å². The van der Waals surface area contributed by atoms with E-state index in [0.29, 0.717) is 5.69 Å². The van der Waals surface area contributed by atoms with E-state index in [1.54, 1.807) is 24.5 Å². The predicted molar refractivity (Wildman–Crippen MR) is 48.2 cm³/mol. The molecule has 0 amide bonds. The Morgan fingerprint density at radius 1 is 1.36 bits per heavy atom. The summed E-state index contributed by atoms with van der Waals surface area (Å²) in [4.78, 5) is 0. The van der Waals surface area contributed by atoms with Gasteiger partial charge in [-0.3, -0.25) is 0 Å². The van der Waals surface area contributed by atoms with Gasteiger partial charge in [0, 0.05) is 12.4 Å². The summed E-state index contributed by atoms with van der Waals surface area (Å²) in [5, 5.41) is 12.6. The molecule has 0 aliphatic carbocycles. The Hall–Kier alpha value is -2.15. The van der Waals surface area contributed by atoms with Gasteiger partial charge in [0.05, 0.1) is 17.3 Å². The number of hydrogen-bond donors (Lipinski definition) is 0. The molecular weight excluding hydrogens is 181 g/mol. The summed E-state index contributed by atoms with van der Waals surface area (Å²) in [6.45, 7) is 0. The Balaban J connectivity index is 2.55. The number of nitriles is 1. The Bertz CT molecular complexity index is 483. The second-order valence-electron chi connectivity index (χ2n) is 2.76. The molecular formula is C10H6FN3. The Labute approximate surface area is 80.0 Å². The quantitative estimate of drug-likeness (QED) is 0.684. The molecule has 0 fully saturated rings. The lowest BCUT2D eigenvalue weighted by Gasteiger charge is -2.01. The maximum atomic E-state index is 13.0. The van der Waals surface area contributed by atoms with Gasteiger partial charge in [0.25, 0.3) is 0 Å². The van der Waals surface area contributed by atoms with Crippen molar-refractivity contribution < 1.29 is 4.39 Å². The van der Waals surface area contributed by atoms with Crippen molar-refractivity contribution >= 4 is 0 Å². The minimum absolute atomic E-state index is 0.288. The van der Waals surface area contributed by atoms with Crippen LogP contribution in [-0.2, 0) is 0 Å². The Morgan fingerprint density at radius 2 is 2.21 bits per heavy atom. The van der Waals surface area contributed by atoms with E-state index in [4.69, 9.17) is 5.26 Å². The monoisotopic (exact) mass is 187 g/mol. The highest BCUT2D eigenvalue weighted by atomic mass is 19.1. The van der Waals surface area contributed by atoms with Crippen molar-refractivity contribution in [3.8, 4) is 11.8 Å². The van der Waals surface area contributed by atoms with Crippen molar-refractivity contribution in [2.24, 2.45) is 0 Å². The molecule has 4 heteroatoms. The smallest absolute Gasteiger partial charge is 0.126 e. The van der Waals surface area contributed by atoms with Crippen molar-refractivity contribution in [2.75, 3.05) is 0 Å². The number of halogens is 1. The zero-order chi connectivity index (χ0) is 9.97. The van der Waals surface area contributed by atoms with Gasteiger partial charge in [-0.05, 0) is 24.3 Å².